The molecule has 1 heterocycles. The third-order valence-corrected chi connectivity index (χ3v) is 6.98. The summed E-state index contributed by atoms with van der Waals surface area (Å²) in [5.41, 5.74) is 0.638. The van der Waals surface area contributed by atoms with Gasteiger partial charge in [-0.15, -0.1) is 0 Å². The Labute approximate surface area is 174 Å². The summed E-state index contributed by atoms with van der Waals surface area (Å²) in [5, 5.41) is 2.63. The summed E-state index contributed by atoms with van der Waals surface area (Å²) in [6.07, 6.45) is 1.45. The molecule has 11 heteroatoms. The second-order valence-corrected chi connectivity index (χ2v) is 9.77. The Morgan fingerprint density at radius 3 is 2.03 bits per heavy atom. The second-order valence-electron chi connectivity index (χ2n) is 6.11. The highest BCUT2D eigenvalue weighted by Gasteiger charge is 2.16. The van der Waals surface area contributed by atoms with Gasteiger partial charge in [-0.25, -0.2) is 26.3 Å². The molecule has 1 amide bonds. The zero-order chi connectivity index (χ0) is 21.8. The molecule has 0 saturated heterocycles. The van der Waals surface area contributed by atoms with Crippen LogP contribution in [0.5, 0.6) is 0 Å². The molecule has 0 aliphatic heterocycles. The number of sulfonamides is 2. The lowest BCUT2D eigenvalue weighted by Gasteiger charge is -2.08. The fourth-order valence-corrected chi connectivity index (χ4v) is 4.21. The van der Waals surface area contributed by atoms with Crippen LogP contribution in [0.2, 0.25) is 0 Å². The number of carbonyl (C=O) groups is 1. The fourth-order valence-electron chi connectivity index (χ4n) is 2.49. The number of benzene rings is 2. The summed E-state index contributed by atoms with van der Waals surface area (Å²) in [6, 6.07) is 14.4. The molecule has 0 spiro atoms. The average molecular weight is 450 g/mol. The molecule has 1 aromatic heterocycles. The molecule has 0 aliphatic rings. The number of carbonyl (C=O) groups excluding carboxylic acids is 1. The van der Waals surface area contributed by atoms with Crippen molar-refractivity contribution >= 4 is 31.6 Å². The van der Waals surface area contributed by atoms with E-state index in [2.05, 4.69) is 14.8 Å². The highest BCUT2D eigenvalue weighted by Crippen LogP contribution is 2.16. The van der Waals surface area contributed by atoms with Crippen LogP contribution in [0.1, 0.15) is 16.1 Å². The molecule has 9 nitrogen and oxygen atoms in total. The lowest BCUT2D eigenvalue weighted by atomic mass is 10.2. The molecule has 158 valence electrons. The van der Waals surface area contributed by atoms with Crippen molar-refractivity contribution < 1.29 is 26.0 Å². The van der Waals surface area contributed by atoms with Gasteiger partial charge in [0.1, 0.15) is 5.76 Å². The molecule has 0 bridgehead atoms. The molecule has 0 radical (unpaired) electrons. The maximum absolute atomic E-state index is 12.4. The summed E-state index contributed by atoms with van der Waals surface area (Å²) in [5.74, 6) is 0.00910. The lowest BCUT2D eigenvalue weighted by molar-refractivity contribution is 0.102. The zero-order valence-electron chi connectivity index (χ0n) is 15.8. The third kappa shape index (κ3) is 5.13. The Morgan fingerprint density at radius 1 is 0.867 bits per heavy atom. The Morgan fingerprint density at radius 2 is 1.47 bits per heavy atom. The molecule has 3 N–H and O–H groups in total. The molecular formula is C19H19N3O6S2. The maximum Gasteiger partial charge on any atom is 0.255 e. The van der Waals surface area contributed by atoms with Crippen molar-refractivity contribution in [2.24, 2.45) is 0 Å². The van der Waals surface area contributed by atoms with Gasteiger partial charge >= 0.3 is 0 Å². The van der Waals surface area contributed by atoms with Gasteiger partial charge in [0, 0.05) is 11.3 Å². The van der Waals surface area contributed by atoms with Gasteiger partial charge in [0.15, 0.2) is 0 Å². The van der Waals surface area contributed by atoms with Crippen LogP contribution in [-0.2, 0) is 26.6 Å². The summed E-state index contributed by atoms with van der Waals surface area (Å²) in [4.78, 5) is 12.5. The van der Waals surface area contributed by atoms with Gasteiger partial charge in [0.05, 0.1) is 22.6 Å². The molecule has 30 heavy (non-hydrogen) atoms. The number of rotatable bonds is 8. The molecule has 0 atom stereocenters. The third-order valence-electron chi connectivity index (χ3n) is 4.13. The van der Waals surface area contributed by atoms with E-state index in [1.54, 1.807) is 12.1 Å². The standard InChI is InChI=1S/C19H19N3O6S2/c1-20-29(24,25)17-10-6-15(7-11-17)22-19(23)14-4-8-18(9-5-14)30(26,27)21-13-16-3-2-12-28-16/h2-12,20-21H,13H2,1H3,(H,22,23). The quantitative estimate of drug-likeness (QED) is 0.481. The van der Waals surface area contributed by atoms with Crippen molar-refractivity contribution in [3.63, 3.8) is 0 Å². The number of hydrogen-bond acceptors (Lipinski definition) is 6. The summed E-state index contributed by atoms with van der Waals surface area (Å²) in [7, 11) is -6.02. The molecule has 2 aromatic carbocycles. The first kappa shape index (κ1) is 21.7. The molecule has 3 aromatic rings. The zero-order valence-corrected chi connectivity index (χ0v) is 17.5. The Balaban J connectivity index is 1.66. The monoisotopic (exact) mass is 449 g/mol. The predicted molar refractivity (Wildman–Crippen MR) is 110 cm³/mol. The fraction of sp³-hybridized carbons (Fsp3) is 0.105. The predicted octanol–water partition coefficient (Wildman–Crippen LogP) is 1.92. The molecule has 0 saturated carbocycles. The molecule has 3 rings (SSSR count). The average Bonchev–Trinajstić information content (AvgIpc) is 3.27. The van der Waals surface area contributed by atoms with E-state index in [1.807, 2.05) is 0 Å². The van der Waals surface area contributed by atoms with Crippen molar-refractivity contribution in [3.05, 3.63) is 78.3 Å². The van der Waals surface area contributed by atoms with Gasteiger partial charge in [-0.2, -0.15) is 0 Å². The summed E-state index contributed by atoms with van der Waals surface area (Å²) >= 11 is 0. The maximum atomic E-state index is 12.4. The van der Waals surface area contributed by atoms with Crippen LogP contribution in [0.3, 0.4) is 0 Å². The van der Waals surface area contributed by atoms with Crippen LogP contribution in [0.25, 0.3) is 0 Å². The van der Waals surface area contributed by atoms with Crippen LogP contribution in [0.15, 0.2) is 81.1 Å². The smallest absolute Gasteiger partial charge is 0.255 e. The number of hydrogen-bond donors (Lipinski definition) is 3. The minimum Gasteiger partial charge on any atom is -0.468 e. The van der Waals surface area contributed by atoms with Crippen LogP contribution in [0, 0.1) is 0 Å². The van der Waals surface area contributed by atoms with E-state index in [0.717, 1.165) is 0 Å². The SMILES string of the molecule is CNS(=O)(=O)c1ccc(NC(=O)c2ccc(S(=O)(=O)NCc3ccco3)cc2)cc1. The first-order valence-electron chi connectivity index (χ1n) is 8.68. The van der Waals surface area contributed by atoms with E-state index in [0.29, 0.717) is 11.4 Å². The van der Waals surface area contributed by atoms with Gasteiger partial charge in [0.2, 0.25) is 20.0 Å². The van der Waals surface area contributed by atoms with E-state index < -0.39 is 26.0 Å². The Bertz CT molecular complexity index is 1220. The number of nitrogens with one attached hydrogen (secondary N) is 3. The van der Waals surface area contributed by atoms with Gasteiger partial charge in [0.25, 0.3) is 5.91 Å². The summed E-state index contributed by atoms with van der Waals surface area (Å²) in [6.45, 7) is 0.0108. The normalized spacial score (nSPS) is 11.9. The van der Waals surface area contributed by atoms with Crippen LogP contribution in [0.4, 0.5) is 5.69 Å². The molecule has 0 unspecified atom stereocenters. The van der Waals surface area contributed by atoms with Crippen molar-refractivity contribution in [2.75, 3.05) is 12.4 Å². The van der Waals surface area contributed by atoms with Crippen molar-refractivity contribution in [2.45, 2.75) is 16.3 Å². The molecule has 0 aliphatic carbocycles. The van der Waals surface area contributed by atoms with Gasteiger partial charge in [-0.3, -0.25) is 4.79 Å². The van der Waals surface area contributed by atoms with Crippen molar-refractivity contribution in [1.82, 2.24) is 9.44 Å². The number of anilines is 1. The van der Waals surface area contributed by atoms with E-state index in [4.69, 9.17) is 4.42 Å². The Kier molecular flexibility index (Phi) is 6.37. The van der Waals surface area contributed by atoms with Crippen LogP contribution in [-0.4, -0.2) is 29.8 Å². The lowest BCUT2D eigenvalue weighted by Crippen LogP contribution is -2.23. The van der Waals surface area contributed by atoms with Crippen LogP contribution >= 0.6 is 0 Å². The Hall–Kier alpha value is -2.99. The minimum atomic E-state index is -3.76. The highest BCUT2D eigenvalue weighted by molar-refractivity contribution is 7.89. The largest absolute Gasteiger partial charge is 0.468 e. The number of furan rings is 1. The molecular weight excluding hydrogens is 430 g/mol. The van der Waals surface area contributed by atoms with E-state index >= 15 is 0 Å². The topological polar surface area (TPSA) is 135 Å². The van der Waals surface area contributed by atoms with Gasteiger partial charge in [-0.05, 0) is 67.7 Å². The highest BCUT2D eigenvalue weighted by atomic mass is 32.2. The second kappa shape index (κ2) is 8.79. The van der Waals surface area contributed by atoms with E-state index in [-0.39, 0.29) is 21.9 Å². The van der Waals surface area contributed by atoms with E-state index in [1.165, 1.54) is 61.8 Å². The van der Waals surface area contributed by atoms with E-state index in [9.17, 15) is 21.6 Å². The van der Waals surface area contributed by atoms with Crippen molar-refractivity contribution in [1.29, 1.82) is 0 Å². The van der Waals surface area contributed by atoms with Crippen molar-refractivity contribution in [3.8, 4) is 0 Å². The number of amides is 1. The van der Waals surface area contributed by atoms with Crippen LogP contribution < -0.4 is 14.8 Å². The van der Waals surface area contributed by atoms with Gasteiger partial charge < -0.3 is 9.73 Å². The summed E-state index contributed by atoms with van der Waals surface area (Å²) < 4.78 is 57.8. The molecule has 0 fully saturated rings. The first-order chi connectivity index (χ1) is 14.2. The van der Waals surface area contributed by atoms with Gasteiger partial charge in [-0.1, -0.05) is 0 Å². The first-order valence-corrected chi connectivity index (χ1v) is 11.6. The minimum absolute atomic E-state index is 0.00670.